The van der Waals surface area contributed by atoms with Crippen LogP contribution in [0.25, 0.3) is 0 Å². The molecular weight excluding hydrogens is 322 g/mol. The third kappa shape index (κ3) is 6.19. The number of hydrogen-bond acceptors (Lipinski definition) is 4. The number of likely N-dealkylation sites (tertiary alicyclic amines) is 1. The lowest BCUT2D eigenvalue weighted by Gasteiger charge is -2.27. The molecule has 2 rings (SSSR count). The van der Waals surface area contributed by atoms with Crippen molar-refractivity contribution < 1.29 is 24.0 Å². The van der Waals surface area contributed by atoms with Crippen LogP contribution in [0.4, 0.5) is 11.4 Å². The zero-order valence-electron chi connectivity index (χ0n) is 14.8. The van der Waals surface area contributed by atoms with Gasteiger partial charge in [0.25, 0.3) is 5.91 Å². The van der Waals surface area contributed by atoms with Gasteiger partial charge in [-0.1, -0.05) is 0 Å². The summed E-state index contributed by atoms with van der Waals surface area (Å²) in [4.78, 5) is 36.1. The minimum absolute atomic E-state index is 0.0342. The quantitative estimate of drug-likeness (QED) is 0.651. The summed E-state index contributed by atoms with van der Waals surface area (Å²) in [5.74, 6) is -0.346. The summed E-state index contributed by atoms with van der Waals surface area (Å²) >= 11 is 0. The summed E-state index contributed by atoms with van der Waals surface area (Å²) < 4.78 is 5.06. The Balaban J connectivity index is 1.75. The average molecular weight is 348 g/mol. The van der Waals surface area contributed by atoms with Gasteiger partial charge in [0.2, 0.25) is 5.91 Å². The normalized spacial score (nSPS) is 19.8. The van der Waals surface area contributed by atoms with Crippen molar-refractivity contribution in [3.8, 4) is 0 Å². The number of esters is 1. The van der Waals surface area contributed by atoms with Gasteiger partial charge in [-0.15, -0.1) is 0 Å². The van der Waals surface area contributed by atoms with Crippen LogP contribution in [0, 0.1) is 5.92 Å². The molecule has 0 saturated carbocycles. The van der Waals surface area contributed by atoms with E-state index < -0.39 is 0 Å². The zero-order chi connectivity index (χ0) is 18.2. The minimum Gasteiger partial charge on any atom is -0.466 e. The van der Waals surface area contributed by atoms with E-state index in [4.69, 9.17) is 4.74 Å². The number of piperidine rings is 1. The number of quaternary nitrogens is 1. The van der Waals surface area contributed by atoms with E-state index >= 15 is 0 Å². The van der Waals surface area contributed by atoms with Crippen LogP contribution < -0.4 is 15.5 Å². The molecule has 7 heteroatoms. The van der Waals surface area contributed by atoms with E-state index in [0.29, 0.717) is 24.5 Å². The molecule has 0 bridgehead atoms. The Labute approximate surface area is 147 Å². The second kappa shape index (κ2) is 9.17. The molecule has 0 aromatic heterocycles. The highest BCUT2D eigenvalue weighted by atomic mass is 16.5. The van der Waals surface area contributed by atoms with Crippen LogP contribution in [-0.2, 0) is 19.1 Å². The molecule has 136 valence electrons. The first-order valence-electron chi connectivity index (χ1n) is 8.65. The molecular formula is C18H26N3O4+. The van der Waals surface area contributed by atoms with Crippen molar-refractivity contribution in [1.82, 2.24) is 0 Å². The second-order valence-corrected chi connectivity index (χ2v) is 6.26. The SMILES string of the molecule is CCOC(=O)C1CC[NH+](CC(=O)Nc2ccc(NC(C)=O)cc2)CC1. The lowest BCUT2D eigenvalue weighted by Crippen LogP contribution is -3.14. The Bertz CT molecular complexity index is 607. The molecule has 3 N–H and O–H groups in total. The number of anilines is 2. The van der Waals surface area contributed by atoms with E-state index in [9.17, 15) is 14.4 Å². The predicted molar refractivity (Wildman–Crippen MR) is 94.3 cm³/mol. The fraction of sp³-hybridized carbons (Fsp3) is 0.500. The molecule has 1 heterocycles. The van der Waals surface area contributed by atoms with Crippen molar-refractivity contribution >= 4 is 29.2 Å². The van der Waals surface area contributed by atoms with Crippen LogP contribution in [0.1, 0.15) is 26.7 Å². The van der Waals surface area contributed by atoms with Gasteiger partial charge >= 0.3 is 5.97 Å². The molecule has 0 aliphatic carbocycles. The molecule has 1 fully saturated rings. The van der Waals surface area contributed by atoms with Crippen molar-refractivity contribution in [3.63, 3.8) is 0 Å². The lowest BCUT2D eigenvalue weighted by atomic mass is 9.97. The van der Waals surface area contributed by atoms with Gasteiger partial charge in [-0.3, -0.25) is 14.4 Å². The maximum absolute atomic E-state index is 12.2. The van der Waals surface area contributed by atoms with E-state index in [1.807, 2.05) is 6.92 Å². The molecule has 1 saturated heterocycles. The first-order valence-corrected chi connectivity index (χ1v) is 8.65. The van der Waals surface area contributed by atoms with Gasteiger partial charge in [-0.2, -0.15) is 0 Å². The van der Waals surface area contributed by atoms with Gasteiger partial charge in [-0.05, 0) is 31.2 Å². The molecule has 1 aromatic carbocycles. The van der Waals surface area contributed by atoms with Gasteiger partial charge in [0.15, 0.2) is 6.54 Å². The van der Waals surface area contributed by atoms with Crippen LogP contribution >= 0.6 is 0 Å². The second-order valence-electron chi connectivity index (χ2n) is 6.26. The number of nitrogens with one attached hydrogen (secondary N) is 3. The summed E-state index contributed by atoms with van der Waals surface area (Å²) in [5.41, 5.74) is 1.39. The van der Waals surface area contributed by atoms with Crippen molar-refractivity contribution in [2.45, 2.75) is 26.7 Å². The van der Waals surface area contributed by atoms with E-state index in [1.165, 1.54) is 11.8 Å². The number of rotatable bonds is 6. The summed E-state index contributed by atoms with van der Waals surface area (Å²) in [5, 5.41) is 5.54. The zero-order valence-corrected chi connectivity index (χ0v) is 14.8. The maximum atomic E-state index is 12.2. The summed E-state index contributed by atoms with van der Waals surface area (Å²) in [6, 6.07) is 7.00. The average Bonchev–Trinajstić information content (AvgIpc) is 2.57. The van der Waals surface area contributed by atoms with Crippen molar-refractivity contribution in [2.75, 3.05) is 36.9 Å². The Morgan fingerprint density at radius 1 is 1.08 bits per heavy atom. The minimum atomic E-state index is -0.133. The summed E-state index contributed by atoms with van der Waals surface area (Å²) in [7, 11) is 0. The smallest absolute Gasteiger partial charge is 0.309 e. The van der Waals surface area contributed by atoms with Gasteiger partial charge < -0.3 is 20.3 Å². The van der Waals surface area contributed by atoms with E-state index in [2.05, 4.69) is 10.6 Å². The Kier molecular flexibility index (Phi) is 6.94. The number of carbonyl (C=O) groups excluding carboxylic acids is 3. The molecule has 2 amide bonds. The highest BCUT2D eigenvalue weighted by molar-refractivity contribution is 5.92. The van der Waals surface area contributed by atoms with Crippen LogP contribution in [-0.4, -0.2) is 44.0 Å². The van der Waals surface area contributed by atoms with Crippen LogP contribution in [0.5, 0.6) is 0 Å². The van der Waals surface area contributed by atoms with Crippen molar-refractivity contribution in [2.24, 2.45) is 5.92 Å². The number of hydrogen-bond donors (Lipinski definition) is 3. The molecule has 0 radical (unpaired) electrons. The fourth-order valence-corrected chi connectivity index (χ4v) is 2.97. The Morgan fingerprint density at radius 3 is 2.16 bits per heavy atom. The summed E-state index contributed by atoms with van der Waals surface area (Å²) in [6.45, 7) is 5.63. The highest BCUT2D eigenvalue weighted by Crippen LogP contribution is 2.14. The molecule has 1 aromatic rings. The standard InChI is InChI=1S/C18H25N3O4/c1-3-25-18(24)14-8-10-21(11-9-14)12-17(23)20-16-6-4-15(5-7-16)19-13(2)22/h4-7,14H,3,8-12H2,1-2H3,(H,19,22)(H,20,23)/p+1. The monoisotopic (exact) mass is 348 g/mol. The number of carbonyl (C=O) groups is 3. The van der Waals surface area contributed by atoms with E-state index in [0.717, 1.165) is 25.9 Å². The molecule has 0 spiro atoms. The molecule has 0 atom stereocenters. The number of amides is 2. The maximum Gasteiger partial charge on any atom is 0.309 e. The molecule has 1 aliphatic heterocycles. The molecule has 1 aliphatic rings. The van der Waals surface area contributed by atoms with Gasteiger partial charge in [0.05, 0.1) is 25.6 Å². The predicted octanol–water partition coefficient (Wildman–Crippen LogP) is 0.442. The van der Waals surface area contributed by atoms with Crippen LogP contribution in [0.15, 0.2) is 24.3 Å². The van der Waals surface area contributed by atoms with Crippen LogP contribution in [0.2, 0.25) is 0 Å². The Morgan fingerprint density at radius 2 is 1.64 bits per heavy atom. The fourth-order valence-electron chi connectivity index (χ4n) is 2.97. The van der Waals surface area contributed by atoms with E-state index in [1.54, 1.807) is 24.3 Å². The summed E-state index contributed by atoms with van der Waals surface area (Å²) in [6.07, 6.45) is 1.51. The Hall–Kier alpha value is -2.41. The number of ether oxygens (including phenoxy) is 1. The van der Waals surface area contributed by atoms with Crippen molar-refractivity contribution in [1.29, 1.82) is 0 Å². The van der Waals surface area contributed by atoms with E-state index in [-0.39, 0.29) is 23.7 Å². The first kappa shape index (κ1) is 18.9. The molecule has 25 heavy (non-hydrogen) atoms. The topological polar surface area (TPSA) is 88.9 Å². The largest absolute Gasteiger partial charge is 0.466 e. The van der Waals surface area contributed by atoms with Crippen LogP contribution in [0.3, 0.4) is 0 Å². The lowest BCUT2D eigenvalue weighted by molar-refractivity contribution is -0.897. The van der Waals surface area contributed by atoms with Crippen molar-refractivity contribution in [3.05, 3.63) is 24.3 Å². The van der Waals surface area contributed by atoms with Gasteiger partial charge in [0, 0.05) is 31.1 Å². The molecule has 0 unspecified atom stereocenters. The highest BCUT2D eigenvalue weighted by Gasteiger charge is 2.29. The van der Waals surface area contributed by atoms with Gasteiger partial charge in [0.1, 0.15) is 0 Å². The molecule has 7 nitrogen and oxygen atoms in total. The van der Waals surface area contributed by atoms with Gasteiger partial charge in [-0.25, -0.2) is 0 Å². The third-order valence-corrected chi connectivity index (χ3v) is 4.21. The third-order valence-electron chi connectivity index (χ3n) is 4.21. The number of benzene rings is 1. The first-order chi connectivity index (χ1) is 12.0.